The van der Waals surface area contributed by atoms with Gasteiger partial charge in [0.25, 0.3) is 11.5 Å². The van der Waals surface area contributed by atoms with Gasteiger partial charge < -0.3 is 9.47 Å². The average molecular weight is 366 g/mol. The fourth-order valence-corrected chi connectivity index (χ4v) is 3.69. The van der Waals surface area contributed by atoms with Crippen molar-refractivity contribution in [2.45, 2.75) is 19.9 Å². The van der Waals surface area contributed by atoms with Gasteiger partial charge in [0.05, 0.1) is 6.54 Å². The number of hydrogen-bond donors (Lipinski definition) is 0. The maximum absolute atomic E-state index is 13.0. The molecule has 2 heterocycles. The van der Waals surface area contributed by atoms with Crippen molar-refractivity contribution in [1.29, 1.82) is 0 Å². The molecule has 0 unspecified atom stereocenters. The van der Waals surface area contributed by atoms with E-state index in [4.69, 9.17) is 0 Å². The summed E-state index contributed by atoms with van der Waals surface area (Å²) in [6, 6.07) is 17.4. The summed E-state index contributed by atoms with van der Waals surface area (Å²) in [4.78, 5) is 29.1. The van der Waals surface area contributed by atoms with E-state index in [1.54, 1.807) is 30.6 Å². The molecular formula is C21H22N2O2S. The molecule has 0 spiro atoms. The van der Waals surface area contributed by atoms with Crippen LogP contribution in [0.15, 0.2) is 65.6 Å². The molecule has 0 saturated heterocycles. The average Bonchev–Trinajstić information content (AvgIpc) is 3.06. The first-order valence-electron chi connectivity index (χ1n) is 8.58. The predicted molar refractivity (Wildman–Crippen MR) is 106 cm³/mol. The summed E-state index contributed by atoms with van der Waals surface area (Å²) in [6.07, 6.45) is 2.42. The van der Waals surface area contributed by atoms with Crippen molar-refractivity contribution >= 4 is 17.2 Å². The van der Waals surface area contributed by atoms with Crippen molar-refractivity contribution in [2.24, 2.45) is 7.05 Å². The Morgan fingerprint density at radius 3 is 2.54 bits per heavy atom. The number of thiophene rings is 1. The van der Waals surface area contributed by atoms with Gasteiger partial charge in [0.1, 0.15) is 0 Å². The number of benzene rings is 1. The first kappa shape index (κ1) is 18.1. The zero-order valence-electron chi connectivity index (χ0n) is 15.0. The van der Waals surface area contributed by atoms with Gasteiger partial charge in [-0.25, -0.2) is 0 Å². The standard InChI is InChI=1S/C21H22N2O2S/c1-16-8-9-19(26-16)15-23(13-10-17-6-4-3-5-7-17)21(25)18-11-12-22(2)20(24)14-18/h3-9,11-12,14H,10,13,15H2,1-2H3. The molecule has 0 aliphatic carbocycles. The highest BCUT2D eigenvalue weighted by Gasteiger charge is 2.17. The van der Waals surface area contributed by atoms with E-state index >= 15 is 0 Å². The van der Waals surface area contributed by atoms with Crippen LogP contribution in [0.3, 0.4) is 0 Å². The third kappa shape index (κ3) is 4.49. The number of pyridine rings is 1. The molecule has 1 amide bonds. The van der Waals surface area contributed by atoms with E-state index in [1.807, 2.05) is 23.1 Å². The molecule has 0 aliphatic rings. The molecule has 134 valence electrons. The smallest absolute Gasteiger partial charge is 0.254 e. The molecule has 0 N–H and O–H groups in total. The van der Waals surface area contributed by atoms with E-state index in [-0.39, 0.29) is 11.5 Å². The van der Waals surface area contributed by atoms with Crippen molar-refractivity contribution < 1.29 is 4.79 Å². The highest BCUT2D eigenvalue weighted by atomic mass is 32.1. The number of carbonyl (C=O) groups is 1. The number of amides is 1. The molecule has 0 radical (unpaired) electrons. The van der Waals surface area contributed by atoms with Crippen LogP contribution in [0, 0.1) is 6.92 Å². The lowest BCUT2D eigenvalue weighted by Crippen LogP contribution is -2.33. The van der Waals surface area contributed by atoms with Gasteiger partial charge in [-0.05, 0) is 37.1 Å². The van der Waals surface area contributed by atoms with Gasteiger partial charge in [0.15, 0.2) is 0 Å². The SMILES string of the molecule is Cc1ccc(CN(CCc2ccccc2)C(=O)c2ccn(C)c(=O)c2)s1. The minimum Gasteiger partial charge on any atom is -0.333 e. The van der Waals surface area contributed by atoms with Gasteiger partial charge in [-0.1, -0.05) is 30.3 Å². The zero-order valence-corrected chi connectivity index (χ0v) is 15.8. The number of rotatable bonds is 6. The summed E-state index contributed by atoms with van der Waals surface area (Å²) in [5, 5.41) is 0. The van der Waals surface area contributed by atoms with Crippen LogP contribution >= 0.6 is 11.3 Å². The van der Waals surface area contributed by atoms with Crippen molar-refractivity contribution in [3.05, 3.63) is 92.0 Å². The van der Waals surface area contributed by atoms with Gasteiger partial charge in [-0.3, -0.25) is 9.59 Å². The molecule has 0 saturated carbocycles. The topological polar surface area (TPSA) is 42.3 Å². The van der Waals surface area contributed by atoms with Gasteiger partial charge in [0.2, 0.25) is 0 Å². The van der Waals surface area contributed by atoms with E-state index in [0.717, 1.165) is 11.3 Å². The van der Waals surface area contributed by atoms with E-state index in [1.165, 1.54) is 21.1 Å². The molecular weight excluding hydrogens is 344 g/mol. The Morgan fingerprint density at radius 1 is 1.12 bits per heavy atom. The summed E-state index contributed by atoms with van der Waals surface area (Å²) in [7, 11) is 1.68. The largest absolute Gasteiger partial charge is 0.333 e. The molecule has 3 rings (SSSR count). The fraction of sp³-hybridized carbons (Fsp3) is 0.238. The highest BCUT2D eigenvalue weighted by Crippen LogP contribution is 2.19. The molecule has 3 aromatic rings. The third-order valence-electron chi connectivity index (χ3n) is 4.29. The Balaban J connectivity index is 1.81. The van der Waals surface area contributed by atoms with Gasteiger partial charge >= 0.3 is 0 Å². The first-order chi connectivity index (χ1) is 12.5. The van der Waals surface area contributed by atoms with Crippen molar-refractivity contribution in [2.75, 3.05) is 6.54 Å². The van der Waals surface area contributed by atoms with E-state index < -0.39 is 0 Å². The van der Waals surface area contributed by atoms with Crippen molar-refractivity contribution in [3.8, 4) is 0 Å². The zero-order chi connectivity index (χ0) is 18.5. The number of nitrogens with zero attached hydrogens (tertiary/aromatic N) is 2. The van der Waals surface area contributed by atoms with Crippen LogP contribution in [0.25, 0.3) is 0 Å². The number of carbonyl (C=O) groups excluding carboxylic acids is 1. The molecule has 26 heavy (non-hydrogen) atoms. The lowest BCUT2D eigenvalue weighted by atomic mass is 10.1. The van der Waals surface area contributed by atoms with Crippen LogP contribution < -0.4 is 5.56 Å². The molecule has 0 aliphatic heterocycles. The maximum Gasteiger partial charge on any atom is 0.254 e. The second-order valence-electron chi connectivity index (χ2n) is 6.34. The molecule has 2 aromatic heterocycles. The summed E-state index contributed by atoms with van der Waals surface area (Å²) >= 11 is 1.70. The van der Waals surface area contributed by atoms with Crippen LogP contribution in [0.1, 0.15) is 25.7 Å². The number of aryl methyl sites for hydroxylation is 2. The Morgan fingerprint density at radius 2 is 1.88 bits per heavy atom. The first-order valence-corrected chi connectivity index (χ1v) is 9.40. The fourth-order valence-electron chi connectivity index (χ4n) is 2.78. The monoisotopic (exact) mass is 366 g/mol. The quantitative estimate of drug-likeness (QED) is 0.668. The minimum atomic E-state index is -0.175. The predicted octanol–water partition coefficient (Wildman–Crippen LogP) is 3.64. The second kappa shape index (κ2) is 8.15. The summed E-state index contributed by atoms with van der Waals surface area (Å²) in [6.45, 7) is 3.22. The van der Waals surface area contributed by atoms with Gasteiger partial charge in [0, 0.05) is 41.2 Å². The Bertz CT molecular complexity index is 944. The summed E-state index contributed by atoms with van der Waals surface area (Å²) < 4.78 is 1.47. The molecule has 5 heteroatoms. The minimum absolute atomic E-state index is 0.107. The molecule has 4 nitrogen and oxygen atoms in total. The Labute approximate surface area is 157 Å². The van der Waals surface area contributed by atoms with Crippen molar-refractivity contribution in [3.63, 3.8) is 0 Å². The van der Waals surface area contributed by atoms with Crippen LogP contribution in [-0.2, 0) is 20.0 Å². The van der Waals surface area contributed by atoms with E-state index in [0.29, 0.717) is 18.7 Å². The Kier molecular flexibility index (Phi) is 5.68. The lowest BCUT2D eigenvalue weighted by Gasteiger charge is -2.22. The molecule has 0 bridgehead atoms. The van der Waals surface area contributed by atoms with Gasteiger partial charge in [-0.2, -0.15) is 0 Å². The normalized spacial score (nSPS) is 10.7. The van der Waals surface area contributed by atoms with E-state index in [9.17, 15) is 9.59 Å². The molecule has 0 fully saturated rings. The van der Waals surface area contributed by atoms with Crippen LogP contribution in [0.2, 0.25) is 0 Å². The maximum atomic E-state index is 13.0. The second-order valence-corrected chi connectivity index (χ2v) is 7.71. The van der Waals surface area contributed by atoms with Crippen LogP contribution in [0.4, 0.5) is 0 Å². The summed E-state index contributed by atoms with van der Waals surface area (Å²) in [5.41, 5.74) is 1.46. The van der Waals surface area contributed by atoms with Crippen molar-refractivity contribution in [1.82, 2.24) is 9.47 Å². The number of hydrogen-bond acceptors (Lipinski definition) is 3. The highest BCUT2D eigenvalue weighted by molar-refractivity contribution is 7.11. The molecule has 1 aromatic carbocycles. The van der Waals surface area contributed by atoms with Crippen LogP contribution in [0.5, 0.6) is 0 Å². The van der Waals surface area contributed by atoms with Gasteiger partial charge in [-0.15, -0.1) is 11.3 Å². The summed E-state index contributed by atoms with van der Waals surface area (Å²) in [5.74, 6) is -0.107. The third-order valence-corrected chi connectivity index (χ3v) is 5.28. The molecule has 0 atom stereocenters. The number of aromatic nitrogens is 1. The lowest BCUT2D eigenvalue weighted by molar-refractivity contribution is 0.0746. The van der Waals surface area contributed by atoms with Crippen LogP contribution in [-0.4, -0.2) is 21.9 Å². The Hall–Kier alpha value is -2.66. The van der Waals surface area contributed by atoms with E-state index in [2.05, 4.69) is 31.2 Å².